The molecule has 24 heavy (non-hydrogen) atoms. The topological polar surface area (TPSA) is 54.9 Å². The van der Waals surface area contributed by atoms with Crippen molar-refractivity contribution in [1.29, 1.82) is 0 Å². The van der Waals surface area contributed by atoms with Crippen LogP contribution in [0.4, 0.5) is 5.69 Å². The van der Waals surface area contributed by atoms with E-state index in [2.05, 4.69) is 46.5 Å². The van der Waals surface area contributed by atoms with Crippen LogP contribution in [0.3, 0.4) is 0 Å². The van der Waals surface area contributed by atoms with E-state index in [-0.39, 0.29) is 16.8 Å². The molecule has 0 aliphatic heterocycles. The van der Waals surface area contributed by atoms with Gasteiger partial charge in [0.25, 0.3) is 0 Å². The molecule has 0 atom stereocenters. The molecule has 0 saturated carbocycles. The number of pyridine rings is 1. The van der Waals surface area contributed by atoms with Gasteiger partial charge >= 0.3 is 0 Å². The Hall–Kier alpha value is -1.89. The fourth-order valence-corrected chi connectivity index (χ4v) is 3.78. The Labute approximate surface area is 153 Å². The van der Waals surface area contributed by atoms with E-state index in [1.807, 2.05) is 5.38 Å². The van der Waals surface area contributed by atoms with Crippen LogP contribution in [0.5, 0.6) is 0 Å². The van der Waals surface area contributed by atoms with Gasteiger partial charge in [0.15, 0.2) is 9.49 Å². The number of hydrogen-bond acceptors (Lipinski definition) is 5. The van der Waals surface area contributed by atoms with Crippen molar-refractivity contribution in [2.75, 3.05) is 11.1 Å². The molecule has 1 N–H and O–H groups in total. The van der Waals surface area contributed by atoms with Gasteiger partial charge in [-0.15, -0.1) is 11.3 Å². The van der Waals surface area contributed by atoms with Crippen molar-refractivity contribution < 1.29 is 4.79 Å². The average molecular weight is 376 g/mol. The van der Waals surface area contributed by atoms with Crippen molar-refractivity contribution in [3.05, 3.63) is 58.7 Å². The van der Waals surface area contributed by atoms with Crippen LogP contribution in [0, 0.1) is 6.92 Å². The summed E-state index contributed by atoms with van der Waals surface area (Å²) in [6.07, 6.45) is 1.58. The van der Waals surface area contributed by atoms with Gasteiger partial charge in [0.2, 0.25) is 5.91 Å². The number of nitrogens with zero attached hydrogens (tertiary/aromatic N) is 2. The molecule has 7 heteroatoms. The minimum absolute atomic E-state index is 0.137. The number of thiazole rings is 1. The highest BCUT2D eigenvalue weighted by molar-refractivity contribution is 8.01. The smallest absolute Gasteiger partial charge is 0.234 e. The molecule has 2 heterocycles. The van der Waals surface area contributed by atoms with Gasteiger partial charge in [-0.25, -0.2) is 9.97 Å². The van der Waals surface area contributed by atoms with Crippen LogP contribution in [0.15, 0.2) is 52.3 Å². The number of amides is 1. The molecular formula is C17H14ClN3OS2. The van der Waals surface area contributed by atoms with E-state index in [0.717, 1.165) is 15.6 Å². The largest absolute Gasteiger partial charge is 0.323 e. The number of nitrogens with one attached hydrogen (secondary N) is 1. The van der Waals surface area contributed by atoms with Crippen molar-refractivity contribution in [2.45, 2.75) is 11.3 Å². The Bertz CT molecular complexity index is 849. The third-order valence-electron chi connectivity index (χ3n) is 3.19. The fraction of sp³-hybridized carbons (Fsp3) is 0.118. The van der Waals surface area contributed by atoms with Gasteiger partial charge in [-0.3, -0.25) is 4.79 Å². The van der Waals surface area contributed by atoms with Gasteiger partial charge in [-0.1, -0.05) is 53.2 Å². The maximum atomic E-state index is 12.0. The molecule has 1 aromatic carbocycles. The molecule has 3 rings (SSSR count). The number of benzene rings is 1. The van der Waals surface area contributed by atoms with Gasteiger partial charge in [-0.05, 0) is 19.1 Å². The third-order valence-corrected chi connectivity index (χ3v) is 5.51. The van der Waals surface area contributed by atoms with Gasteiger partial charge in [-0.2, -0.15) is 0 Å². The highest BCUT2D eigenvalue weighted by atomic mass is 35.5. The lowest BCUT2D eigenvalue weighted by Crippen LogP contribution is -2.14. The Morgan fingerprint density at radius 2 is 2.08 bits per heavy atom. The number of hydrogen-bond donors (Lipinski definition) is 1. The van der Waals surface area contributed by atoms with Crippen molar-refractivity contribution in [3.63, 3.8) is 0 Å². The van der Waals surface area contributed by atoms with E-state index in [1.54, 1.807) is 18.3 Å². The van der Waals surface area contributed by atoms with Crippen molar-refractivity contribution in [1.82, 2.24) is 9.97 Å². The fourth-order valence-electron chi connectivity index (χ4n) is 1.97. The number of thioether (sulfide) groups is 1. The molecule has 122 valence electrons. The standard InChI is InChI=1S/C17H14ClN3OS2/c1-11-4-6-12(7-5-11)14-9-23-17(21-14)24-10-15(22)20-13-3-2-8-19-16(13)18/h2-9H,10H2,1H3,(H,20,22). The first kappa shape index (κ1) is 17.0. The van der Waals surface area contributed by atoms with Crippen LogP contribution < -0.4 is 5.32 Å². The number of carbonyl (C=O) groups is 1. The normalized spacial score (nSPS) is 10.6. The highest BCUT2D eigenvalue weighted by Crippen LogP contribution is 2.28. The summed E-state index contributed by atoms with van der Waals surface area (Å²) in [4.78, 5) is 20.5. The Balaban J connectivity index is 1.58. The number of aryl methyl sites for hydroxylation is 1. The van der Waals surface area contributed by atoms with Crippen LogP contribution in [0.2, 0.25) is 5.15 Å². The SMILES string of the molecule is Cc1ccc(-c2csc(SCC(=O)Nc3cccnc3Cl)n2)cc1. The second-order valence-corrected chi connectivity index (χ2v) is 7.48. The molecule has 0 spiro atoms. The zero-order chi connectivity index (χ0) is 16.9. The molecule has 4 nitrogen and oxygen atoms in total. The van der Waals surface area contributed by atoms with Crippen LogP contribution in [0.25, 0.3) is 11.3 Å². The first-order valence-electron chi connectivity index (χ1n) is 7.17. The zero-order valence-corrected chi connectivity index (χ0v) is 15.2. The molecule has 0 radical (unpaired) electrons. The van der Waals surface area contributed by atoms with Crippen LogP contribution in [-0.4, -0.2) is 21.6 Å². The molecular weight excluding hydrogens is 362 g/mol. The van der Waals surface area contributed by atoms with Crippen LogP contribution >= 0.6 is 34.7 Å². The molecule has 0 unspecified atom stereocenters. The van der Waals surface area contributed by atoms with Gasteiger partial charge in [0.05, 0.1) is 17.1 Å². The summed E-state index contributed by atoms with van der Waals surface area (Å²) >= 11 is 8.86. The summed E-state index contributed by atoms with van der Waals surface area (Å²) in [6.45, 7) is 2.05. The van der Waals surface area contributed by atoms with Crippen molar-refractivity contribution in [3.8, 4) is 11.3 Å². The Kier molecular flexibility index (Phi) is 5.50. The number of rotatable bonds is 5. The second kappa shape index (κ2) is 7.79. The number of halogens is 1. The molecule has 3 aromatic rings. The van der Waals surface area contributed by atoms with E-state index in [0.29, 0.717) is 5.69 Å². The molecule has 0 aliphatic rings. The molecule has 2 aromatic heterocycles. The van der Waals surface area contributed by atoms with Crippen LogP contribution in [0.1, 0.15) is 5.56 Å². The van der Waals surface area contributed by atoms with E-state index < -0.39 is 0 Å². The van der Waals surface area contributed by atoms with Crippen LogP contribution in [-0.2, 0) is 4.79 Å². The number of anilines is 1. The van der Waals surface area contributed by atoms with Crippen molar-refractivity contribution in [2.24, 2.45) is 0 Å². The first-order valence-corrected chi connectivity index (χ1v) is 9.42. The first-order chi connectivity index (χ1) is 11.6. The quantitative estimate of drug-likeness (QED) is 0.509. The van der Waals surface area contributed by atoms with E-state index in [1.165, 1.54) is 28.7 Å². The zero-order valence-electron chi connectivity index (χ0n) is 12.8. The lowest BCUT2D eigenvalue weighted by Gasteiger charge is -2.05. The lowest BCUT2D eigenvalue weighted by molar-refractivity contribution is -0.113. The van der Waals surface area contributed by atoms with E-state index >= 15 is 0 Å². The summed E-state index contributed by atoms with van der Waals surface area (Å²) in [6, 6.07) is 11.7. The maximum absolute atomic E-state index is 12.0. The van der Waals surface area contributed by atoms with Crippen molar-refractivity contribution >= 4 is 46.3 Å². The van der Waals surface area contributed by atoms with E-state index in [9.17, 15) is 4.79 Å². The molecule has 0 saturated heterocycles. The minimum Gasteiger partial charge on any atom is -0.323 e. The summed E-state index contributed by atoms with van der Waals surface area (Å²) in [5.41, 5.74) is 3.74. The summed E-state index contributed by atoms with van der Waals surface area (Å²) in [7, 11) is 0. The predicted molar refractivity (Wildman–Crippen MR) is 101 cm³/mol. The molecule has 1 amide bonds. The summed E-state index contributed by atoms with van der Waals surface area (Å²) in [5, 5.41) is 5.03. The summed E-state index contributed by atoms with van der Waals surface area (Å²) in [5.74, 6) is 0.133. The monoisotopic (exact) mass is 375 g/mol. The lowest BCUT2D eigenvalue weighted by atomic mass is 10.1. The number of aromatic nitrogens is 2. The molecule has 0 bridgehead atoms. The predicted octanol–water partition coefficient (Wildman–Crippen LogP) is 4.90. The maximum Gasteiger partial charge on any atom is 0.234 e. The number of carbonyl (C=O) groups excluding carboxylic acids is 1. The second-order valence-electron chi connectivity index (χ2n) is 5.04. The minimum atomic E-state index is -0.137. The third kappa shape index (κ3) is 4.35. The Morgan fingerprint density at radius 1 is 1.29 bits per heavy atom. The average Bonchev–Trinajstić information content (AvgIpc) is 3.05. The van der Waals surface area contributed by atoms with Gasteiger partial charge in [0, 0.05) is 17.1 Å². The highest BCUT2D eigenvalue weighted by Gasteiger charge is 2.10. The molecule has 0 fully saturated rings. The van der Waals surface area contributed by atoms with E-state index in [4.69, 9.17) is 11.6 Å². The van der Waals surface area contributed by atoms with Gasteiger partial charge < -0.3 is 5.32 Å². The Morgan fingerprint density at radius 3 is 2.83 bits per heavy atom. The van der Waals surface area contributed by atoms with Gasteiger partial charge in [0.1, 0.15) is 0 Å². The summed E-state index contributed by atoms with van der Waals surface area (Å²) < 4.78 is 0.859. The molecule has 0 aliphatic carbocycles.